The maximum absolute atomic E-state index is 12.5. The van der Waals surface area contributed by atoms with Gasteiger partial charge in [-0.2, -0.15) is 0 Å². The number of nitrogens with zero attached hydrogens (tertiary/aromatic N) is 2. The standard InChI is InChI=1S/C18H27N3O3/c1-4-11-24-16-8-5-7-15(12-16)19-17(22)21-10-6-9-18(23,14-21)13-20(2)3/h4-5,7-8,12,23H,1,6,9-11,13-14H2,2-3H3,(H,19,22). The highest BCUT2D eigenvalue weighted by Gasteiger charge is 2.35. The van der Waals surface area contributed by atoms with Gasteiger partial charge in [-0.3, -0.25) is 0 Å². The molecule has 0 radical (unpaired) electrons. The van der Waals surface area contributed by atoms with E-state index in [-0.39, 0.29) is 6.03 Å². The third kappa shape index (κ3) is 5.25. The van der Waals surface area contributed by atoms with Crippen LogP contribution in [0.1, 0.15) is 12.8 Å². The number of likely N-dealkylation sites (N-methyl/N-ethyl adjacent to an activating group) is 1. The summed E-state index contributed by atoms with van der Waals surface area (Å²) in [5.41, 5.74) is -0.183. The Morgan fingerprint density at radius 1 is 1.54 bits per heavy atom. The van der Waals surface area contributed by atoms with Gasteiger partial charge < -0.3 is 25.0 Å². The molecule has 6 heteroatoms. The molecule has 132 valence electrons. The number of benzene rings is 1. The van der Waals surface area contributed by atoms with Crippen LogP contribution >= 0.6 is 0 Å². The molecule has 2 N–H and O–H groups in total. The van der Waals surface area contributed by atoms with Crippen LogP contribution in [0.4, 0.5) is 10.5 Å². The fourth-order valence-electron chi connectivity index (χ4n) is 3.02. The second kappa shape index (κ2) is 8.17. The van der Waals surface area contributed by atoms with E-state index in [1.54, 1.807) is 17.0 Å². The second-order valence-corrected chi connectivity index (χ2v) is 6.54. The predicted octanol–water partition coefficient (Wildman–Crippen LogP) is 2.17. The van der Waals surface area contributed by atoms with Crippen molar-refractivity contribution in [2.24, 2.45) is 0 Å². The molecular weight excluding hydrogens is 306 g/mol. The minimum Gasteiger partial charge on any atom is -0.489 e. The number of anilines is 1. The highest BCUT2D eigenvalue weighted by molar-refractivity contribution is 5.89. The Morgan fingerprint density at radius 2 is 2.33 bits per heavy atom. The van der Waals surface area contributed by atoms with E-state index in [4.69, 9.17) is 4.74 Å². The Balaban J connectivity index is 1.97. The fraction of sp³-hybridized carbons (Fsp3) is 0.500. The summed E-state index contributed by atoms with van der Waals surface area (Å²) < 4.78 is 5.47. The molecule has 0 bridgehead atoms. The van der Waals surface area contributed by atoms with Gasteiger partial charge in [0.1, 0.15) is 12.4 Å². The van der Waals surface area contributed by atoms with Gasteiger partial charge in [0.05, 0.1) is 12.1 Å². The summed E-state index contributed by atoms with van der Waals surface area (Å²) >= 11 is 0. The van der Waals surface area contributed by atoms with E-state index in [1.165, 1.54) is 0 Å². The maximum Gasteiger partial charge on any atom is 0.321 e. The predicted molar refractivity (Wildman–Crippen MR) is 95.5 cm³/mol. The first-order valence-electron chi connectivity index (χ1n) is 8.19. The van der Waals surface area contributed by atoms with Crippen molar-refractivity contribution >= 4 is 11.7 Å². The summed E-state index contributed by atoms with van der Waals surface area (Å²) in [4.78, 5) is 16.1. The lowest BCUT2D eigenvalue weighted by Gasteiger charge is -2.40. The lowest BCUT2D eigenvalue weighted by molar-refractivity contribution is -0.0333. The largest absolute Gasteiger partial charge is 0.489 e. The van der Waals surface area contributed by atoms with Crippen LogP contribution in [0, 0.1) is 0 Å². The van der Waals surface area contributed by atoms with E-state index < -0.39 is 5.60 Å². The van der Waals surface area contributed by atoms with E-state index in [0.29, 0.717) is 44.1 Å². The molecule has 6 nitrogen and oxygen atoms in total. The monoisotopic (exact) mass is 333 g/mol. The first-order chi connectivity index (χ1) is 11.4. The minimum atomic E-state index is -0.853. The molecule has 1 aliphatic rings. The zero-order chi connectivity index (χ0) is 17.6. The second-order valence-electron chi connectivity index (χ2n) is 6.54. The molecule has 1 aliphatic heterocycles. The van der Waals surface area contributed by atoms with Gasteiger partial charge >= 0.3 is 6.03 Å². The number of piperidine rings is 1. The third-order valence-corrected chi connectivity index (χ3v) is 3.91. The lowest BCUT2D eigenvalue weighted by atomic mass is 9.92. The summed E-state index contributed by atoms with van der Waals surface area (Å²) in [6.07, 6.45) is 3.17. The zero-order valence-corrected chi connectivity index (χ0v) is 14.5. The maximum atomic E-state index is 12.5. The smallest absolute Gasteiger partial charge is 0.321 e. The first-order valence-corrected chi connectivity index (χ1v) is 8.19. The first kappa shape index (κ1) is 18.3. The van der Waals surface area contributed by atoms with E-state index in [9.17, 15) is 9.90 Å². The van der Waals surface area contributed by atoms with Gasteiger partial charge in [0.15, 0.2) is 0 Å². The summed E-state index contributed by atoms with van der Waals surface area (Å²) in [6, 6.07) is 7.04. The quantitative estimate of drug-likeness (QED) is 0.783. The van der Waals surface area contributed by atoms with Gasteiger partial charge in [-0.05, 0) is 39.1 Å². The van der Waals surface area contributed by atoms with Crippen molar-refractivity contribution in [1.82, 2.24) is 9.80 Å². The topological polar surface area (TPSA) is 65.0 Å². The van der Waals surface area contributed by atoms with Gasteiger partial charge in [-0.15, -0.1) is 0 Å². The number of rotatable bonds is 6. The number of aliphatic hydroxyl groups is 1. The average Bonchev–Trinajstić information content (AvgIpc) is 2.52. The number of hydrogen-bond acceptors (Lipinski definition) is 4. The number of ether oxygens (including phenoxy) is 1. The van der Waals surface area contributed by atoms with Gasteiger partial charge in [0.25, 0.3) is 0 Å². The minimum absolute atomic E-state index is 0.201. The molecule has 2 amide bonds. The van der Waals surface area contributed by atoms with Crippen molar-refractivity contribution in [2.45, 2.75) is 18.4 Å². The Hall–Kier alpha value is -2.05. The number of carbonyl (C=O) groups excluding carboxylic acids is 1. The summed E-state index contributed by atoms with van der Waals surface area (Å²) in [5.74, 6) is 0.676. The summed E-state index contributed by atoms with van der Waals surface area (Å²) in [6.45, 7) is 5.56. The molecule has 1 unspecified atom stereocenters. The van der Waals surface area contributed by atoms with E-state index in [1.807, 2.05) is 37.2 Å². The number of nitrogens with one attached hydrogen (secondary N) is 1. The molecular formula is C18H27N3O3. The summed E-state index contributed by atoms with van der Waals surface area (Å²) in [5, 5.41) is 13.6. The molecule has 1 heterocycles. The Morgan fingerprint density at radius 3 is 3.04 bits per heavy atom. The average molecular weight is 333 g/mol. The molecule has 0 spiro atoms. The van der Waals surface area contributed by atoms with Gasteiger partial charge in [-0.25, -0.2) is 4.79 Å². The number of carbonyl (C=O) groups is 1. The van der Waals surface area contributed by atoms with Crippen molar-refractivity contribution in [1.29, 1.82) is 0 Å². The lowest BCUT2D eigenvalue weighted by Crippen LogP contribution is -2.55. The van der Waals surface area contributed by atoms with Crippen LogP contribution in [0.2, 0.25) is 0 Å². The van der Waals surface area contributed by atoms with Crippen LogP contribution in [0.5, 0.6) is 5.75 Å². The summed E-state index contributed by atoms with van der Waals surface area (Å²) in [7, 11) is 3.84. The Kier molecular flexibility index (Phi) is 6.23. The highest BCUT2D eigenvalue weighted by Crippen LogP contribution is 2.23. The van der Waals surface area contributed by atoms with Crippen LogP contribution in [0.25, 0.3) is 0 Å². The van der Waals surface area contributed by atoms with Gasteiger partial charge in [0, 0.05) is 24.8 Å². The van der Waals surface area contributed by atoms with Gasteiger partial charge in [0.2, 0.25) is 0 Å². The van der Waals surface area contributed by atoms with E-state index >= 15 is 0 Å². The van der Waals surface area contributed by atoms with Gasteiger partial charge in [-0.1, -0.05) is 18.7 Å². The third-order valence-electron chi connectivity index (χ3n) is 3.91. The Labute approximate surface area is 143 Å². The number of likely N-dealkylation sites (tertiary alicyclic amines) is 1. The van der Waals surface area contributed by atoms with Crippen molar-refractivity contribution < 1.29 is 14.6 Å². The molecule has 0 aliphatic carbocycles. The number of β-amino-alcohol motifs (C(OH)–C–C–N with tert-alkyl or cyclic N) is 1. The van der Waals surface area contributed by atoms with Crippen LogP contribution in [0.15, 0.2) is 36.9 Å². The van der Waals surface area contributed by atoms with E-state index in [2.05, 4.69) is 11.9 Å². The SMILES string of the molecule is C=CCOc1cccc(NC(=O)N2CCCC(O)(CN(C)C)C2)c1. The zero-order valence-electron chi connectivity index (χ0n) is 14.5. The highest BCUT2D eigenvalue weighted by atomic mass is 16.5. The molecule has 0 aromatic heterocycles. The number of hydrogen-bond donors (Lipinski definition) is 2. The number of amides is 2. The van der Waals surface area contributed by atoms with Crippen molar-refractivity contribution in [3.8, 4) is 5.75 Å². The molecule has 0 saturated carbocycles. The van der Waals surface area contributed by atoms with Crippen LogP contribution in [-0.2, 0) is 0 Å². The Bertz CT molecular complexity index is 576. The molecule has 1 fully saturated rings. The van der Waals surface area contributed by atoms with Crippen LogP contribution < -0.4 is 10.1 Å². The van der Waals surface area contributed by atoms with E-state index in [0.717, 1.165) is 6.42 Å². The molecule has 2 rings (SSSR count). The van der Waals surface area contributed by atoms with Crippen LogP contribution in [-0.4, -0.2) is 66.9 Å². The van der Waals surface area contributed by atoms with Crippen molar-refractivity contribution in [2.75, 3.05) is 45.7 Å². The number of urea groups is 1. The van der Waals surface area contributed by atoms with Crippen LogP contribution in [0.3, 0.4) is 0 Å². The molecule has 1 saturated heterocycles. The van der Waals surface area contributed by atoms with Crippen molar-refractivity contribution in [3.05, 3.63) is 36.9 Å². The fourth-order valence-corrected chi connectivity index (χ4v) is 3.02. The molecule has 24 heavy (non-hydrogen) atoms. The molecule has 1 atom stereocenters. The molecule has 1 aromatic rings. The normalized spacial score (nSPS) is 20.8. The molecule has 1 aromatic carbocycles. The van der Waals surface area contributed by atoms with Crippen molar-refractivity contribution in [3.63, 3.8) is 0 Å².